The van der Waals surface area contributed by atoms with Gasteiger partial charge in [-0.3, -0.25) is 4.79 Å². The molecule has 2 saturated heterocycles. The average molecular weight is 242 g/mol. The van der Waals surface area contributed by atoms with Crippen molar-refractivity contribution >= 4 is 5.97 Å². The fraction of sp³-hybridized carbons (Fsp3) is 0.917. The van der Waals surface area contributed by atoms with Crippen LogP contribution in [-0.2, 0) is 23.7 Å². The first kappa shape index (κ1) is 11.4. The van der Waals surface area contributed by atoms with E-state index in [-0.39, 0.29) is 29.7 Å². The zero-order valence-corrected chi connectivity index (χ0v) is 10.4. The summed E-state index contributed by atoms with van der Waals surface area (Å²) in [5.41, 5.74) is -0.197. The van der Waals surface area contributed by atoms with E-state index in [0.29, 0.717) is 13.0 Å². The number of carbonyl (C=O) groups excluding carboxylic acids is 1. The van der Waals surface area contributed by atoms with Gasteiger partial charge in [0.2, 0.25) is 0 Å². The smallest absolute Gasteiger partial charge is 0.305 e. The summed E-state index contributed by atoms with van der Waals surface area (Å²) in [6, 6.07) is 0. The first-order chi connectivity index (χ1) is 7.96. The lowest BCUT2D eigenvalue weighted by Gasteiger charge is -2.22. The van der Waals surface area contributed by atoms with Crippen LogP contribution in [0.25, 0.3) is 0 Å². The van der Waals surface area contributed by atoms with Gasteiger partial charge in [-0.25, -0.2) is 0 Å². The number of hydrogen-bond donors (Lipinski definition) is 0. The quantitative estimate of drug-likeness (QED) is 0.531. The van der Waals surface area contributed by atoms with Crippen molar-refractivity contribution in [3.8, 4) is 0 Å². The summed E-state index contributed by atoms with van der Waals surface area (Å²) in [5, 5.41) is 0. The topological polar surface area (TPSA) is 57.3 Å². The number of epoxide rings is 1. The van der Waals surface area contributed by atoms with E-state index in [1.54, 1.807) is 0 Å². The van der Waals surface area contributed by atoms with Crippen LogP contribution >= 0.6 is 0 Å². The number of hydrogen-bond acceptors (Lipinski definition) is 5. The van der Waals surface area contributed by atoms with E-state index < -0.39 is 5.79 Å². The molecule has 3 aliphatic rings. The molecule has 0 aromatic carbocycles. The van der Waals surface area contributed by atoms with Crippen molar-refractivity contribution in [1.82, 2.24) is 0 Å². The normalized spacial score (nSPS) is 45.9. The largest absolute Gasteiger partial charge is 0.469 e. The van der Waals surface area contributed by atoms with Gasteiger partial charge in [0.15, 0.2) is 5.79 Å². The maximum atomic E-state index is 11.4. The van der Waals surface area contributed by atoms with Crippen LogP contribution < -0.4 is 0 Å². The predicted molar refractivity (Wildman–Crippen MR) is 57.2 cm³/mol. The Morgan fingerprint density at radius 2 is 2.12 bits per heavy atom. The predicted octanol–water partition coefficient (Wildman–Crippen LogP) is 0.858. The third-order valence-electron chi connectivity index (χ3n) is 3.89. The first-order valence-corrected chi connectivity index (χ1v) is 6.02. The number of esters is 1. The van der Waals surface area contributed by atoms with Gasteiger partial charge in [-0.2, -0.15) is 0 Å². The number of methoxy groups -OCH3 is 1. The monoisotopic (exact) mass is 242 g/mol. The molecule has 0 amide bonds. The van der Waals surface area contributed by atoms with Crippen LogP contribution in [0.1, 0.15) is 26.7 Å². The van der Waals surface area contributed by atoms with Crippen LogP contribution in [0.3, 0.4) is 0 Å². The van der Waals surface area contributed by atoms with E-state index in [2.05, 4.69) is 0 Å². The van der Waals surface area contributed by atoms with E-state index in [4.69, 9.17) is 18.9 Å². The van der Waals surface area contributed by atoms with Gasteiger partial charge in [-0.1, -0.05) is 0 Å². The van der Waals surface area contributed by atoms with Crippen LogP contribution in [-0.4, -0.2) is 43.3 Å². The van der Waals surface area contributed by atoms with Gasteiger partial charge in [0.1, 0.15) is 11.7 Å². The molecule has 0 N–H and O–H groups in total. The number of fused-ring (bicyclic) bond motifs is 2. The second-order valence-electron chi connectivity index (χ2n) is 5.62. The Kier molecular flexibility index (Phi) is 2.31. The van der Waals surface area contributed by atoms with Gasteiger partial charge >= 0.3 is 5.97 Å². The first-order valence-electron chi connectivity index (χ1n) is 6.02. The highest BCUT2D eigenvalue weighted by Crippen LogP contribution is 2.55. The van der Waals surface area contributed by atoms with Crippen LogP contribution in [0.4, 0.5) is 0 Å². The Morgan fingerprint density at radius 1 is 1.41 bits per heavy atom. The van der Waals surface area contributed by atoms with Crippen LogP contribution in [0.2, 0.25) is 0 Å². The van der Waals surface area contributed by atoms with Crippen LogP contribution in [0, 0.1) is 5.92 Å². The van der Waals surface area contributed by atoms with Crippen molar-refractivity contribution in [3.05, 3.63) is 0 Å². The summed E-state index contributed by atoms with van der Waals surface area (Å²) in [6.45, 7) is 4.51. The molecule has 0 unspecified atom stereocenters. The molecule has 0 radical (unpaired) electrons. The molecule has 4 atom stereocenters. The summed E-state index contributed by atoms with van der Waals surface area (Å²) >= 11 is 0. The molecule has 0 aromatic rings. The Morgan fingerprint density at radius 3 is 2.71 bits per heavy atom. The van der Waals surface area contributed by atoms with Crippen molar-refractivity contribution < 1.29 is 23.7 Å². The second kappa shape index (κ2) is 3.43. The molecule has 1 spiro atoms. The molecular formula is C12H18O5. The molecular weight excluding hydrogens is 224 g/mol. The van der Waals surface area contributed by atoms with Crippen LogP contribution in [0.15, 0.2) is 0 Å². The van der Waals surface area contributed by atoms with Crippen molar-refractivity contribution in [3.63, 3.8) is 0 Å². The van der Waals surface area contributed by atoms with Crippen molar-refractivity contribution in [1.29, 1.82) is 0 Å². The lowest BCUT2D eigenvalue weighted by molar-refractivity contribution is -0.165. The minimum Gasteiger partial charge on any atom is -0.469 e. The maximum Gasteiger partial charge on any atom is 0.305 e. The molecule has 1 aliphatic carbocycles. The SMILES string of the molecule is COC(=O)C[C@H]1C[C@@]2(CO2)[C@@H]2OC(C)(C)O[C@H]12. The number of carbonyl (C=O) groups is 1. The highest BCUT2D eigenvalue weighted by atomic mass is 16.8. The average Bonchev–Trinajstić information content (AvgIpc) is 2.89. The molecule has 2 heterocycles. The second-order valence-corrected chi connectivity index (χ2v) is 5.62. The van der Waals surface area contributed by atoms with Crippen LogP contribution in [0.5, 0.6) is 0 Å². The van der Waals surface area contributed by atoms with E-state index in [0.717, 1.165) is 6.42 Å². The van der Waals surface area contributed by atoms with Gasteiger partial charge in [-0.05, 0) is 20.3 Å². The lowest BCUT2D eigenvalue weighted by atomic mass is 10.0. The van der Waals surface area contributed by atoms with E-state index in [1.807, 2.05) is 13.8 Å². The van der Waals surface area contributed by atoms with E-state index in [9.17, 15) is 4.79 Å². The molecule has 17 heavy (non-hydrogen) atoms. The molecule has 1 saturated carbocycles. The summed E-state index contributed by atoms with van der Waals surface area (Å²) in [5.74, 6) is -0.639. The Labute approximate surface area is 100 Å². The van der Waals surface area contributed by atoms with E-state index in [1.165, 1.54) is 7.11 Å². The standard InChI is InChI=1S/C12H18O5/c1-11(2)16-9-7(4-8(13)14-3)5-12(6-15-12)10(9)17-11/h7,9-10H,4-6H2,1-3H3/t7-,9+,10+,12+/m0/s1. The summed E-state index contributed by atoms with van der Waals surface area (Å²) in [7, 11) is 1.41. The third kappa shape index (κ3) is 1.77. The maximum absolute atomic E-state index is 11.4. The van der Waals surface area contributed by atoms with Gasteiger partial charge in [0.25, 0.3) is 0 Å². The van der Waals surface area contributed by atoms with Crippen molar-refractivity contribution in [2.24, 2.45) is 5.92 Å². The Hall–Kier alpha value is -0.650. The third-order valence-corrected chi connectivity index (χ3v) is 3.89. The van der Waals surface area contributed by atoms with E-state index >= 15 is 0 Å². The Bertz CT molecular complexity index is 347. The Balaban J connectivity index is 1.77. The molecule has 3 rings (SSSR count). The zero-order chi connectivity index (χ0) is 12.3. The van der Waals surface area contributed by atoms with Gasteiger partial charge in [0, 0.05) is 5.92 Å². The zero-order valence-electron chi connectivity index (χ0n) is 10.4. The molecule has 2 aliphatic heterocycles. The van der Waals surface area contributed by atoms with Gasteiger partial charge in [0.05, 0.1) is 26.2 Å². The summed E-state index contributed by atoms with van der Waals surface area (Å²) in [6.07, 6.45) is 1.12. The minimum absolute atomic E-state index is 0.0350. The fourth-order valence-corrected chi connectivity index (χ4v) is 3.08. The summed E-state index contributed by atoms with van der Waals surface area (Å²) < 4.78 is 22.1. The fourth-order valence-electron chi connectivity index (χ4n) is 3.08. The number of ether oxygens (including phenoxy) is 4. The summed E-state index contributed by atoms with van der Waals surface area (Å²) in [4.78, 5) is 11.4. The van der Waals surface area contributed by atoms with Crippen molar-refractivity contribution in [2.45, 2.75) is 50.3 Å². The molecule has 0 bridgehead atoms. The lowest BCUT2D eigenvalue weighted by Crippen LogP contribution is -2.31. The molecule has 3 fully saturated rings. The minimum atomic E-state index is -0.580. The highest BCUT2D eigenvalue weighted by Gasteiger charge is 2.68. The molecule has 5 nitrogen and oxygen atoms in total. The molecule has 5 heteroatoms. The highest BCUT2D eigenvalue weighted by molar-refractivity contribution is 5.69. The molecule has 0 aromatic heterocycles. The van der Waals surface area contributed by atoms with Crippen molar-refractivity contribution in [2.75, 3.05) is 13.7 Å². The van der Waals surface area contributed by atoms with Gasteiger partial charge in [-0.15, -0.1) is 0 Å². The molecule has 96 valence electrons. The number of rotatable bonds is 2. The van der Waals surface area contributed by atoms with Gasteiger partial charge < -0.3 is 18.9 Å².